The van der Waals surface area contributed by atoms with Gasteiger partial charge in [-0.05, 0) is 33.1 Å². The van der Waals surface area contributed by atoms with Crippen LogP contribution in [0.2, 0.25) is 0 Å². The van der Waals surface area contributed by atoms with Crippen LogP contribution in [-0.4, -0.2) is 39.7 Å². The zero-order chi connectivity index (χ0) is 13.8. The van der Waals surface area contributed by atoms with E-state index in [1.165, 1.54) is 0 Å². The molecule has 0 aliphatic carbocycles. The summed E-state index contributed by atoms with van der Waals surface area (Å²) in [6, 6.07) is -0.516. The van der Waals surface area contributed by atoms with Crippen LogP contribution < -0.4 is 9.64 Å². The molecule has 0 aromatic carbocycles. The van der Waals surface area contributed by atoms with Crippen LogP contribution in [0.25, 0.3) is 0 Å². The molecule has 6 nitrogen and oxygen atoms in total. The van der Waals surface area contributed by atoms with Crippen LogP contribution in [0, 0.1) is 0 Å². The summed E-state index contributed by atoms with van der Waals surface area (Å²) in [5, 5.41) is 9.26. The molecule has 1 N–H and O–H groups in total. The van der Waals surface area contributed by atoms with E-state index in [-0.39, 0.29) is 6.10 Å². The van der Waals surface area contributed by atoms with Crippen LogP contribution in [0.5, 0.6) is 5.88 Å². The van der Waals surface area contributed by atoms with Crippen LogP contribution in [0.4, 0.5) is 5.82 Å². The molecule has 1 aliphatic heterocycles. The summed E-state index contributed by atoms with van der Waals surface area (Å²) in [5.74, 6) is 0.198. The van der Waals surface area contributed by atoms with E-state index in [0.717, 1.165) is 12.8 Å². The molecular weight excluding hydrogens is 246 g/mol. The van der Waals surface area contributed by atoms with Crippen molar-refractivity contribution >= 4 is 11.8 Å². The highest BCUT2D eigenvalue weighted by Gasteiger charge is 2.29. The number of ether oxygens (including phenoxy) is 1. The van der Waals surface area contributed by atoms with E-state index in [1.807, 2.05) is 13.8 Å². The molecule has 1 atom stereocenters. The maximum absolute atomic E-state index is 11.3. The molecule has 104 valence electrons. The Morgan fingerprint density at radius 2 is 2.26 bits per heavy atom. The van der Waals surface area contributed by atoms with Gasteiger partial charge in [-0.2, -0.15) is 4.98 Å². The topological polar surface area (TPSA) is 75.5 Å². The zero-order valence-electron chi connectivity index (χ0n) is 11.2. The van der Waals surface area contributed by atoms with Gasteiger partial charge in [0, 0.05) is 6.54 Å². The number of hydrogen-bond acceptors (Lipinski definition) is 5. The summed E-state index contributed by atoms with van der Waals surface area (Å²) in [6.07, 6.45) is 5.70. The molecule has 0 amide bonds. The van der Waals surface area contributed by atoms with E-state index < -0.39 is 12.0 Å². The predicted molar refractivity (Wildman–Crippen MR) is 70.4 cm³/mol. The lowest BCUT2D eigenvalue weighted by molar-refractivity contribution is -0.139. The van der Waals surface area contributed by atoms with Gasteiger partial charge in [0.05, 0.1) is 18.5 Å². The number of nitrogens with zero attached hydrogens (tertiary/aromatic N) is 3. The zero-order valence-corrected chi connectivity index (χ0v) is 11.2. The standard InChI is InChI=1S/C13H19N3O3/c1-9(2)19-12-8-14-7-11(15-12)16-6-4-3-5-10(16)13(17)18/h7-10H,3-6H2,1-2H3,(H,17,18). The van der Waals surface area contributed by atoms with Gasteiger partial charge in [0.15, 0.2) is 5.82 Å². The van der Waals surface area contributed by atoms with Crippen molar-refractivity contribution in [2.24, 2.45) is 0 Å². The van der Waals surface area contributed by atoms with Crippen molar-refractivity contribution in [1.82, 2.24) is 9.97 Å². The number of anilines is 1. The van der Waals surface area contributed by atoms with Gasteiger partial charge in [-0.1, -0.05) is 0 Å². The van der Waals surface area contributed by atoms with E-state index in [1.54, 1.807) is 17.3 Å². The highest BCUT2D eigenvalue weighted by atomic mass is 16.5. The minimum atomic E-state index is -0.809. The Morgan fingerprint density at radius 3 is 2.95 bits per heavy atom. The third-order valence-corrected chi connectivity index (χ3v) is 3.04. The van der Waals surface area contributed by atoms with Gasteiger partial charge in [0.1, 0.15) is 6.04 Å². The van der Waals surface area contributed by atoms with E-state index in [9.17, 15) is 9.90 Å². The first-order chi connectivity index (χ1) is 9.08. The molecule has 1 saturated heterocycles. The summed E-state index contributed by atoms with van der Waals surface area (Å²) < 4.78 is 5.49. The first-order valence-electron chi connectivity index (χ1n) is 6.56. The quantitative estimate of drug-likeness (QED) is 0.893. The van der Waals surface area contributed by atoms with Crippen molar-refractivity contribution in [3.8, 4) is 5.88 Å². The monoisotopic (exact) mass is 265 g/mol. The van der Waals surface area contributed by atoms with Gasteiger partial charge in [0.2, 0.25) is 5.88 Å². The second-order valence-electron chi connectivity index (χ2n) is 4.93. The van der Waals surface area contributed by atoms with Crippen molar-refractivity contribution in [3.63, 3.8) is 0 Å². The Balaban J connectivity index is 2.21. The number of rotatable bonds is 4. The van der Waals surface area contributed by atoms with Crippen LogP contribution in [0.15, 0.2) is 12.4 Å². The average Bonchev–Trinajstić information content (AvgIpc) is 2.38. The summed E-state index contributed by atoms with van der Waals surface area (Å²) in [5.41, 5.74) is 0. The first kappa shape index (κ1) is 13.6. The predicted octanol–water partition coefficient (Wildman–Crippen LogP) is 1.71. The largest absolute Gasteiger partial charge is 0.480 e. The van der Waals surface area contributed by atoms with E-state index in [4.69, 9.17) is 4.74 Å². The molecular formula is C13H19N3O3. The van der Waals surface area contributed by atoms with Gasteiger partial charge in [-0.25, -0.2) is 4.79 Å². The van der Waals surface area contributed by atoms with Gasteiger partial charge in [-0.3, -0.25) is 4.98 Å². The maximum Gasteiger partial charge on any atom is 0.326 e. The highest BCUT2D eigenvalue weighted by molar-refractivity contribution is 5.77. The smallest absolute Gasteiger partial charge is 0.326 e. The fraction of sp³-hybridized carbons (Fsp3) is 0.615. The van der Waals surface area contributed by atoms with Crippen LogP contribution >= 0.6 is 0 Å². The number of hydrogen-bond donors (Lipinski definition) is 1. The molecule has 0 saturated carbocycles. The lowest BCUT2D eigenvalue weighted by atomic mass is 10.0. The van der Waals surface area contributed by atoms with E-state index in [2.05, 4.69) is 9.97 Å². The van der Waals surface area contributed by atoms with Crippen LogP contribution in [0.1, 0.15) is 33.1 Å². The highest BCUT2D eigenvalue weighted by Crippen LogP contribution is 2.24. The van der Waals surface area contributed by atoms with Crippen molar-refractivity contribution in [3.05, 3.63) is 12.4 Å². The summed E-state index contributed by atoms with van der Waals surface area (Å²) in [6.45, 7) is 4.52. The third kappa shape index (κ3) is 3.33. The number of carboxylic acid groups (broad SMARTS) is 1. The van der Waals surface area contributed by atoms with Crippen molar-refractivity contribution < 1.29 is 14.6 Å². The summed E-state index contributed by atoms with van der Waals surface area (Å²) >= 11 is 0. The molecule has 2 rings (SSSR count). The molecule has 1 aliphatic rings. The number of piperidine rings is 1. The SMILES string of the molecule is CC(C)Oc1cncc(N2CCCCC2C(=O)O)n1. The normalized spacial score (nSPS) is 19.5. The van der Waals surface area contributed by atoms with Gasteiger partial charge >= 0.3 is 5.97 Å². The Kier molecular flexibility index (Phi) is 4.19. The van der Waals surface area contributed by atoms with Crippen molar-refractivity contribution in [2.45, 2.75) is 45.3 Å². The second kappa shape index (κ2) is 5.86. The fourth-order valence-corrected chi connectivity index (χ4v) is 2.24. The summed E-state index contributed by atoms with van der Waals surface area (Å²) in [4.78, 5) is 21.5. The molecule has 2 heterocycles. The van der Waals surface area contributed by atoms with Crippen LogP contribution in [0.3, 0.4) is 0 Å². The number of aliphatic carboxylic acids is 1. The van der Waals surface area contributed by atoms with Crippen LogP contribution in [-0.2, 0) is 4.79 Å². The lowest BCUT2D eigenvalue weighted by Crippen LogP contribution is -2.45. The molecule has 0 radical (unpaired) electrons. The third-order valence-electron chi connectivity index (χ3n) is 3.04. The number of carboxylic acids is 1. The Morgan fingerprint density at radius 1 is 1.47 bits per heavy atom. The molecule has 0 spiro atoms. The molecule has 0 bridgehead atoms. The molecule has 6 heteroatoms. The maximum atomic E-state index is 11.3. The minimum absolute atomic E-state index is 0.0150. The fourth-order valence-electron chi connectivity index (χ4n) is 2.24. The van der Waals surface area contributed by atoms with E-state index in [0.29, 0.717) is 24.7 Å². The van der Waals surface area contributed by atoms with Crippen molar-refractivity contribution in [1.29, 1.82) is 0 Å². The molecule has 1 unspecified atom stereocenters. The van der Waals surface area contributed by atoms with Gasteiger partial charge in [0.25, 0.3) is 0 Å². The Hall–Kier alpha value is -1.85. The lowest BCUT2D eigenvalue weighted by Gasteiger charge is -2.33. The average molecular weight is 265 g/mol. The molecule has 1 aromatic heterocycles. The van der Waals surface area contributed by atoms with Crippen molar-refractivity contribution in [2.75, 3.05) is 11.4 Å². The van der Waals surface area contributed by atoms with Gasteiger partial charge < -0.3 is 14.7 Å². The number of aromatic nitrogens is 2. The van der Waals surface area contributed by atoms with Gasteiger partial charge in [-0.15, -0.1) is 0 Å². The number of carbonyl (C=O) groups is 1. The minimum Gasteiger partial charge on any atom is -0.480 e. The Labute approximate surface area is 112 Å². The van der Waals surface area contributed by atoms with E-state index >= 15 is 0 Å². The molecule has 1 fully saturated rings. The molecule has 1 aromatic rings. The Bertz CT molecular complexity index is 451. The molecule has 19 heavy (non-hydrogen) atoms. The summed E-state index contributed by atoms with van der Waals surface area (Å²) in [7, 11) is 0. The second-order valence-corrected chi connectivity index (χ2v) is 4.93. The first-order valence-corrected chi connectivity index (χ1v) is 6.56.